The number of likely N-dealkylation sites (tertiary alicyclic amines) is 1. The van der Waals surface area contributed by atoms with Crippen LogP contribution in [0.3, 0.4) is 0 Å². The van der Waals surface area contributed by atoms with Gasteiger partial charge in [0.25, 0.3) is 5.91 Å². The van der Waals surface area contributed by atoms with Crippen molar-refractivity contribution in [3.8, 4) is 0 Å². The first-order chi connectivity index (χ1) is 17.9. The number of aliphatic hydroxyl groups excluding tert-OH is 1. The molecule has 194 valence electrons. The predicted octanol–water partition coefficient (Wildman–Crippen LogP) is 3.27. The first kappa shape index (κ1) is 26.3. The zero-order valence-electron chi connectivity index (χ0n) is 21.0. The summed E-state index contributed by atoms with van der Waals surface area (Å²) in [6.07, 6.45) is 7.41. The number of aliphatic hydroxyl groups is 2. The molecule has 0 saturated carbocycles. The molecule has 2 aliphatic heterocycles. The zero-order valence-corrected chi connectivity index (χ0v) is 21.0. The first-order valence-electron chi connectivity index (χ1n) is 12.5. The minimum Gasteiger partial charge on any atom is -0.394 e. The van der Waals surface area contributed by atoms with Crippen LogP contribution in [0.1, 0.15) is 31.7 Å². The SMILES string of the molecule is C=CCN1C(=O)[C@@](O)([C@@H](C)/C=C/CC(=O)N2CCC[C@H]2CO)c2cc(N(C=O)c3ccccc3)ccc21. The fourth-order valence-electron chi connectivity index (χ4n) is 5.24. The van der Waals surface area contributed by atoms with Gasteiger partial charge in [0.2, 0.25) is 12.3 Å². The van der Waals surface area contributed by atoms with Crippen LogP contribution in [0, 0.1) is 5.92 Å². The first-order valence-corrected chi connectivity index (χ1v) is 12.5. The Hall–Kier alpha value is -3.75. The molecule has 0 aromatic heterocycles. The lowest BCUT2D eigenvalue weighted by atomic mass is 9.82. The van der Waals surface area contributed by atoms with E-state index >= 15 is 0 Å². The molecular formula is C29H33N3O5. The summed E-state index contributed by atoms with van der Waals surface area (Å²) in [5, 5.41) is 21.4. The Bertz CT molecular complexity index is 1200. The second-order valence-electron chi connectivity index (χ2n) is 9.47. The summed E-state index contributed by atoms with van der Waals surface area (Å²) < 4.78 is 0. The Balaban J connectivity index is 1.64. The average Bonchev–Trinajstić information content (AvgIpc) is 3.48. The highest BCUT2D eigenvalue weighted by atomic mass is 16.3. The van der Waals surface area contributed by atoms with E-state index in [4.69, 9.17) is 0 Å². The van der Waals surface area contributed by atoms with Crippen LogP contribution in [0.25, 0.3) is 0 Å². The maximum Gasteiger partial charge on any atom is 0.264 e. The summed E-state index contributed by atoms with van der Waals surface area (Å²) in [5.74, 6) is -1.24. The van der Waals surface area contributed by atoms with E-state index in [0.717, 1.165) is 12.8 Å². The highest BCUT2D eigenvalue weighted by molar-refractivity contribution is 6.08. The highest BCUT2D eigenvalue weighted by Gasteiger charge is 2.52. The molecule has 3 atom stereocenters. The van der Waals surface area contributed by atoms with Crippen LogP contribution in [-0.2, 0) is 20.0 Å². The standard InChI is InChI=1S/C29H33N3O5/c1-3-16-31-26-15-14-23(32(20-34)22-10-5-4-6-11-22)18-25(26)29(37,28(31)36)21(2)9-7-13-27(35)30-17-8-12-24(30)19-33/h3-7,9-11,14-15,18,20-21,24,33,37H,1,8,12-13,16-17,19H2,2H3/b9-7+/t21-,24-,29+/m0/s1. The van der Waals surface area contributed by atoms with Gasteiger partial charge in [-0.25, -0.2) is 0 Å². The lowest BCUT2D eigenvalue weighted by Gasteiger charge is -2.28. The van der Waals surface area contributed by atoms with Crippen LogP contribution in [-0.4, -0.2) is 59.1 Å². The number of nitrogens with zero attached hydrogens (tertiary/aromatic N) is 3. The summed E-state index contributed by atoms with van der Waals surface area (Å²) in [6, 6.07) is 14.1. The second kappa shape index (κ2) is 11.1. The predicted molar refractivity (Wildman–Crippen MR) is 142 cm³/mol. The number of carbonyl (C=O) groups is 3. The second-order valence-corrected chi connectivity index (χ2v) is 9.47. The van der Waals surface area contributed by atoms with E-state index in [0.29, 0.717) is 35.6 Å². The molecule has 37 heavy (non-hydrogen) atoms. The number of hydrogen-bond acceptors (Lipinski definition) is 5. The van der Waals surface area contributed by atoms with E-state index in [-0.39, 0.29) is 31.5 Å². The summed E-state index contributed by atoms with van der Waals surface area (Å²) in [6.45, 7) is 6.25. The van der Waals surface area contributed by atoms with E-state index in [9.17, 15) is 24.6 Å². The van der Waals surface area contributed by atoms with Crippen molar-refractivity contribution in [1.82, 2.24) is 4.90 Å². The van der Waals surface area contributed by atoms with Gasteiger partial charge in [-0.15, -0.1) is 6.58 Å². The monoisotopic (exact) mass is 503 g/mol. The van der Waals surface area contributed by atoms with Gasteiger partial charge < -0.3 is 20.0 Å². The lowest BCUT2D eigenvalue weighted by Crippen LogP contribution is -2.44. The number of anilines is 3. The molecule has 8 nitrogen and oxygen atoms in total. The van der Waals surface area contributed by atoms with Crippen LogP contribution in [0.15, 0.2) is 73.3 Å². The van der Waals surface area contributed by atoms with Gasteiger partial charge in [-0.1, -0.05) is 43.4 Å². The zero-order chi connectivity index (χ0) is 26.6. The van der Waals surface area contributed by atoms with E-state index in [1.165, 1.54) is 9.80 Å². The van der Waals surface area contributed by atoms with E-state index in [1.54, 1.807) is 60.4 Å². The topological polar surface area (TPSA) is 101 Å². The van der Waals surface area contributed by atoms with Crippen molar-refractivity contribution >= 4 is 35.3 Å². The van der Waals surface area contributed by atoms with E-state index in [2.05, 4.69) is 6.58 Å². The van der Waals surface area contributed by atoms with Gasteiger partial charge in [0.15, 0.2) is 5.60 Å². The van der Waals surface area contributed by atoms with Gasteiger partial charge in [-0.05, 0) is 43.2 Å². The molecule has 2 heterocycles. The number of amides is 3. The van der Waals surface area contributed by atoms with E-state index in [1.807, 2.05) is 18.2 Å². The molecule has 3 amide bonds. The molecule has 0 aliphatic carbocycles. The quantitative estimate of drug-likeness (QED) is 0.383. The number of rotatable bonds is 10. The number of benzene rings is 2. The van der Waals surface area contributed by atoms with Crippen molar-refractivity contribution in [2.24, 2.45) is 5.92 Å². The molecule has 2 aliphatic rings. The van der Waals surface area contributed by atoms with Crippen molar-refractivity contribution in [3.63, 3.8) is 0 Å². The minimum absolute atomic E-state index is 0.0564. The molecule has 0 bridgehead atoms. The van der Waals surface area contributed by atoms with Crippen molar-refractivity contribution < 1.29 is 24.6 Å². The van der Waals surface area contributed by atoms with Crippen LogP contribution in [0.2, 0.25) is 0 Å². The summed E-state index contributed by atoms with van der Waals surface area (Å²) in [4.78, 5) is 42.8. The average molecular weight is 504 g/mol. The molecule has 8 heteroatoms. The fourth-order valence-corrected chi connectivity index (χ4v) is 5.24. The summed E-state index contributed by atoms with van der Waals surface area (Å²) in [7, 11) is 0. The molecule has 0 spiro atoms. The number of hydrogen-bond donors (Lipinski definition) is 2. The Kier molecular flexibility index (Phi) is 7.90. The third-order valence-electron chi connectivity index (χ3n) is 7.27. The van der Waals surface area contributed by atoms with Gasteiger partial charge in [-0.3, -0.25) is 19.3 Å². The molecule has 2 N–H and O–H groups in total. The molecule has 2 aromatic rings. The maximum atomic E-state index is 13.5. The van der Waals surface area contributed by atoms with Crippen LogP contribution in [0.5, 0.6) is 0 Å². The Morgan fingerprint density at radius 2 is 2.00 bits per heavy atom. The molecule has 2 aromatic carbocycles. The molecular weight excluding hydrogens is 470 g/mol. The molecule has 1 saturated heterocycles. The van der Waals surface area contributed by atoms with Crippen LogP contribution in [0.4, 0.5) is 17.1 Å². The molecule has 4 rings (SSSR count). The number of fused-ring (bicyclic) bond motifs is 1. The molecule has 0 unspecified atom stereocenters. The number of carbonyl (C=O) groups excluding carboxylic acids is 3. The van der Waals surface area contributed by atoms with Gasteiger partial charge in [0, 0.05) is 42.4 Å². The third-order valence-corrected chi connectivity index (χ3v) is 7.27. The number of para-hydroxylation sites is 1. The van der Waals surface area contributed by atoms with Crippen LogP contribution < -0.4 is 9.80 Å². The Morgan fingerprint density at radius 3 is 2.68 bits per heavy atom. The van der Waals surface area contributed by atoms with E-state index < -0.39 is 17.4 Å². The smallest absolute Gasteiger partial charge is 0.264 e. The summed E-state index contributed by atoms with van der Waals surface area (Å²) in [5.41, 5.74) is 0.225. The minimum atomic E-state index is -1.89. The Morgan fingerprint density at radius 1 is 1.24 bits per heavy atom. The molecule has 1 fully saturated rings. The summed E-state index contributed by atoms with van der Waals surface area (Å²) >= 11 is 0. The van der Waals surface area contributed by atoms with Gasteiger partial charge >= 0.3 is 0 Å². The fraction of sp³-hybridized carbons (Fsp3) is 0.345. The largest absolute Gasteiger partial charge is 0.394 e. The van der Waals surface area contributed by atoms with Crippen molar-refractivity contribution in [2.45, 2.75) is 37.8 Å². The van der Waals surface area contributed by atoms with Crippen LogP contribution >= 0.6 is 0 Å². The third kappa shape index (κ3) is 4.82. The van der Waals surface area contributed by atoms with Crippen molar-refractivity contribution in [2.75, 3.05) is 29.5 Å². The van der Waals surface area contributed by atoms with Gasteiger partial charge in [0.1, 0.15) is 0 Å². The lowest BCUT2D eigenvalue weighted by molar-refractivity contribution is -0.139. The molecule has 0 radical (unpaired) electrons. The van der Waals surface area contributed by atoms with Gasteiger partial charge in [-0.2, -0.15) is 0 Å². The van der Waals surface area contributed by atoms with Gasteiger partial charge in [0.05, 0.1) is 18.3 Å². The maximum absolute atomic E-state index is 13.5. The van der Waals surface area contributed by atoms with Crippen molar-refractivity contribution in [3.05, 3.63) is 78.9 Å². The Labute approximate surface area is 217 Å². The highest BCUT2D eigenvalue weighted by Crippen LogP contribution is 2.47. The van der Waals surface area contributed by atoms with Crippen molar-refractivity contribution in [1.29, 1.82) is 0 Å². The normalized spacial score (nSPS) is 21.8.